The van der Waals surface area contributed by atoms with Gasteiger partial charge in [0.05, 0.1) is 0 Å². The summed E-state index contributed by atoms with van der Waals surface area (Å²) in [6, 6.07) is 5.14. The maximum atomic E-state index is 12.6. The fraction of sp³-hybridized carbons (Fsp3) is 0.615. The fourth-order valence-corrected chi connectivity index (χ4v) is 1.91. The van der Waals surface area contributed by atoms with Gasteiger partial charge in [0.25, 0.3) is 0 Å². The molecule has 19 heavy (non-hydrogen) atoms. The van der Waals surface area contributed by atoms with Crippen LogP contribution in [0.25, 0.3) is 0 Å². The maximum Gasteiger partial charge on any atom is 0.405 e. The highest BCUT2D eigenvalue weighted by atomic mass is 19.4. The van der Waals surface area contributed by atoms with Crippen molar-refractivity contribution in [2.24, 2.45) is 0 Å². The first-order chi connectivity index (χ1) is 8.99. The predicted octanol–water partition coefficient (Wildman–Crippen LogP) is 3.43. The van der Waals surface area contributed by atoms with Crippen molar-refractivity contribution in [3.63, 3.8) is 0 Å². The summed E-state index contributed by atoms with van der Waals surface area (Å²) in [4.78, 5) is 5.63. The van der Waals surface area contributed by atoms with Crippen LogP contribution >= 0.6 is 0 Å². The number of alkyl halides is 3. The van der Waals surface area contributed by atoms with Crippen LogP contribution in [0.1, 0.15) is 26.2 Å². The fourth-order valence-electron chi connectivity index (χ4n) is 1.91. The van der Waals surface area contributed by atoms with Crippen molar-refractivity contribution in [3.8, 4) is 0 Å². The molecule has 1 saturated carbocycles. The lowest BCUT2D eigenvalue weighted by atomic mass is 10.3. The highest BCUT2D eigenvalue weighted by Gasteiger charge is 2.38. The molecule has 0 atom stereocenters. The Morgan fingerprint density at radius 2 is 2.11 bits per heavy atom. The zero-order valence-electron chi connectivity index (χ0n) is 10.9. The normalized spacial score (nSPS) is 15.4. The average Bonchev–Trinajstić information content (AvgIpc) is 3.17. The largest absolute Gasteiger partial charge is 0.405 e. The minimum atomic E-state index is -4.20. The summed E-state index contributed by atoms with van der Waals surface area (Å²) in [6.45, 7) is 1.86. The molecule has 0 spiro atoms. The van der Waals surface area contributed by atoms with Gasteiger partial charge in [-0.25, -0.2) is 4.98 Å². The lowest BCUT2D eigenvalue weighted by Gasteiger charge is -2.25. The summed E-state index contributed by atoms with van der Waals surface area (Å²) in [5.74, 6) is 1.04. The summed E-state index contributed by atoms with van der Waals surface area (Å²) < 4.78 is 37.8. The minimum absolute atomic E-state index is 0.0180. The van der Waals surface area contributed by atoms with Gasteiger partial charge in [0.1, 0.15) is 18.2 Å². The number of rotatable bonds is 6. The summed E-state index contributed by atoms with van der Waals surface area (Å²) in [6.07, 6.45) is -1.63. The SMILES string of the molecule is CCCNc1cccc(N(CC(F)(F)F)C2CC2)n1. The Hall–Kier alpha value is -1.46. The van der Waals surface area contributed by atoms with Gasteiger partial charge in [-0.05, 0) is 31.4 Å². The van der Waals surface area contributed by atoms with Crippen LogP contribution in [-0.2, 0) is 0 Å². The van der Waals surface area contributed by atoms with Gasteiger partial charge in [-0.15, -0.1) is 0 Å². The van der Waals surface area contributed by atoms with Crippen LogP contribution in [0.5, 0.6) is 0 Å². The summed E-state index contributed by atoms with van der Waals surface area (Å²) in [5, 5.41) is 3.09. The summed E-state index contributed by atoms with van der Waals surface area (Å²) in [5.41, 5.74) is 0. The molecule has 1 heterocycles. The Balaban J connectivity index is 2.12. The van der Waals surface area contributed by atoms with Crippen LogP contribution < -0.4 is 10.2 Å². The van der Waals surface area contributed by atoms with Crippen molar-refractivity contribution in [3.05, 3.63) is 18.2 Å². The molecule has 6 heteroatoms. The van der Waals surface area contributed by atoms with Crippen LogP contribution in [-0.4, -0.2) is 30.3 Å². The zero-order valence-corrected chi connectivity index (χ0v) is 10.9. The molecule has 0 amide bonds. The van der Waals surface area contributed by atoms with Gasteiger partial charge >= 0.3 is 6.18 Å². The van der Waals surface area contributed by atoms with Gasteiger partial charge in [0.2, 0.25) is 0 Å². The molecule has 0 bridgehead atoms. The van der Waals surface area contributed by atoms with E-state index in [1.54, 1.807) is 18.2 Å². The van der Waals surface area contributed by atoms with Crippen molar-refractivity contribution in [1.82, 2.24) is 4.98 Å². The van der Waals surface area contributed by atoms with E-state index in [0.29, 0.717) is 11.6 Å². The van der Waals surface area contributed by atoms with E-state index in [-0.39, 0.29) is 6.04 Å². The first-order valence-electron chi connectivity index (χ1n) is 6.54. The van der Waals surface area contributed by atoms with E-state index >= 15 is 0 Å². The Kier molecular flexibility index (Phi) is 4.17. The van der Waals surface area contributed by atoms with Gasteiger partial charge in [0, 0.05) is 12.6 Å². The molecule has 1 N–H and O–H groups in total. The summed E-state index contributed by atoms with van der Waals surface area (Å²) >= 11 is 0. The number of hydrogen-bond donors (Lipinski definition) is 1. The topological polar surface area (TPSA) is 28.2 Å². The molecule has 1 aliphatic carbocycles. The number of anilines is 2. The third-order valence-corrected chi connectivity index (χ3v) is 2.92. The monoisotopic (exact) mass is 273 g/mol. The molecule has 0 unspecified atom stereocenters. The van der Waals surface area contributed by atoms with Gasteiger partial charge < -0.3 is 10.2 Å². The Morgan fingerprint density at radius 1 is 1.37 bits per heavy atom. The van der Waals surface area contributed by atoms with Crippen molar-refractivity contribution in [1.29, 1.82) is 0 Å². The summed E-state index contributed by atoms with van der Waals surface area (Å²) in [7, 11) is 0. The Labute approximate surface area is 110 Å². The first kappa shape index (κ1) is 14.0. The molecule has 2 rings (SSSR count). The zero-order chi connectivity index (χ0) is 13.9. The van der Waals surface area contributed by atoms with E-state index in [1.807, 2.05) is 6.92 Å². The molecule has 1 aromatic heterocycles. The molecule has 1 aromatic rings. The maximum absolute atomic E-state index is 12.6. The van der Waals surface area contributed by atoms with Gasteiger partial charge in [-0.1, -0.05) is 13.0 Å². The van der Waals surface area contributed by atoms with Crippen molar-refractivity contribution < 1.29 is 13.2 Å². The lowest BCUT2D eigenvalue weighted by Crippen LogP contribution is -2.36. The Bertz CT molecular complexity index is 416. The number of nitrogens with zero attached hydrogens (tertiary/aromatic N) is 2. The quantitative estimate of drug-likeness (QED) is 0.860. The highest BCUT2D eigenvalue weighted by Crippen LogP contribution is 2.33. The molecule has 0 radical (unpaired) electrons. The minimum Gasteiger partial charge on any atom is -0.370 e. The van der Waals surface area contributed by atoms with E-state index in [2.05, 4.69) is 10.3 Å². The van der Waals surface area contributed by atoms with Crippen molar-refractivity contribution in [2.45, 2.75) is 38.4 Å². The Morgan fingerprint density at radius 3 is 2.68 bits per heavy atom. The molecular weight excluding hydrogens is 255 g/mol. The van der Waals surface area contributed by atoms with E-state index in [9.17, 15) is 13.2 Å². The molecule has 3 nitrogen and oxygen atoms in total. The molecule has 106 valence electrons. The van der Waals surface area contributed by atoms with E-state index < -0.39 is 12.7 Å². The second-order valence-corrected chi connectivity index (χ2v) is 4.78. The molecule has 0 aliphatic heterocycles. The number of hydrogen-bond acceptors (Lipinski definition) is 3. The predicted molar refractivity (Wildman–Crippen MR) is 69.4 cm³/mol. The van der Waals surface area contributed by atoms with E-state index in [4.69, 9.17) is 0 Å². The average molecular weight is 273 g/mol. The van der Waals surface area contributed by atoms with Crippen molar-refractivity contribution >= 4 is 11.6 Å². The molecule has 1 fully saturated rings. The highest BCUT2D eigenvalue weighted by molar-refractivity contribution is 5.48. The van der Waals surface area contributed by atoms with E-state index in [0.717, 1.165) is 25.8 Å². The van der Waals surface area contributed by atoms with Crippen LogP contribution in [0.3, 0.4) is 0 Å². The lowest BCUT2D eigenvalue weighted by molar-refractivity contribution is -0.120. The molecular formula is C13H18F3N3. The molecule has 0 saturated heterocycles. The number of pyridine rings is 1. The van der Waals surface area contributed by atoms with Crippen LogP contribution in [0.15, 0.2) is 18.2 Å². The third kappa shape index (κ3) is 4.29. The smallest absolute Gasteiger partial charge is 0.370 e. The number of halogens is 3. The van der Waals surface area contributed by atoms with Gasteiger partial charge in [0.15, 0.2) is 0 Å². The van der Waals surface area contributed by atoms with Gasteiger partial charge in [-0.2, -0.15) is 13.2 Å². The molecule has 0 aromatic carbocycles. The van der Waals surface area contributed by atoms with E-state index in [1.165, 1.54) is 4.90 Å². The first-order valence-corrected chi connectivity index (χ1v) is 6.54. The molecule has 1 aliphatic rings. The third-order valence-electron chi connectivity index (χ3n) is 2.92. The van der Waals surface area contributed by atoms with Crippen LogP contribution in [0, 0.1) is 0 Å². The van der Waals surface area contributed by atoms with Gasteiger partial charge in [-0.3, -0.25) is 0 Å². The van der Waals surface area contributed by atoms with Crippen LogP contribution in [0.4, 0.5) is 24.8 Å². The van der Waals surface area contributed by atoms with Crippen molar-refractivity contribution in [2.75, 3.05) is 23.3 Å². The second kappa shape index (κ2) is 5.67. The number of nitrogens with one attached hydrogen (secondary N) is 1. The second-order valence-electron chi connectivity index (χ2n) is 4.78. The van der Waals surface area contributed by atoms with Crippen LogP contribution in [0.2, 0.25) is 0 Å². The standard InChI is InChI=1S/C13H18F3N3/c1-2-8-17-11-4-3-5-12(18-11)19(10-6-7-10)9-13(14,15)16/h3-5,10H,2,6-9H2,1H3,(H,17,18). The number of aromatic nitrogens is 1.